The molecule has 0 unspecified atom stereocenters. The van der Waals surface area contributed by atoms with Crippen LogP contribution in [0.4, 0.5) is 5.82 Å². The number of carbonyl (C=O) groups excluding carboxylic acids is 1. The van der Waals surface area contributed by atoms with Crippen molar-refractivity contribution < 1.29 is 14.3 Å². The third kappa shape index (κ3) is 4.96. The molecule has 1 amide bonds. The largest absolute Gasteiger partial charge is 0.496 e. The summed E-state index contributed by atoms with van der Waals surface area (Å²) in [5, 5.41) is 5.99. The van der Waals surface area contributed by atoms with Crippen molar-refractivity contribution in [2.45, 2.75) is 0 Å². The number of pyridine rings is 1. The molecule has 1 fully saturated rings. The molecule has 7 nitrogen and oxygen atoms in total. The summed E-state index contributed by atoms with van der Waals surface area (Å²) in [6, 6.07) is 9.29. The van der Waals surface area contributed by atoms with Gasteiger partial charge in [0.25, 0.3) is 5.91 Å². The summed E-state index contributed by atoms with van der Waals surface area (Å²) in [7, 11) is 3.23. The number of benzene rings is 1. The number of amides is 1. The molecule has 1 aliphatic rings. The highest BCUT2D eigenvalue weighted by molar-refractivity contribution is 5.95. The second kappa shape index (κ2) is 9.34. The maximum atomic E-state index is 11.9. The molecule has 0 bridgehead atoms. The van der Waals surface area contributed by atoms with Crippen LogP contribution in [0, 0.1) is 0 Å². The van der Waals surface area contributed by atoms with Gasteiger partial charge in [0.15, 0.2) is 0 Å². The van der Waals surface area contributed by atoms with E-state index in [0.29, 0.717) is 11.3 Å². The van der Waals surface area contributed by atoms with Crippen LogP contribution in [0.5, 0.6) is 5.75 Å². The highest BCUT2D eigenvalue weighted by Crippen LogP contribution is 2.31. The first-order chi connectivity index (χ1) is 13.2. The maximum absolute atomic E-state index is 11.9. The first-order valence-electron chi connectivity index (χ1n) is 9.12. The minimum absolute atomic E-state index is 0.131. The lowest BCUT2D eigenvalue weighted by atomic mass is 10.0. The number of hydrogen-bond donors (Lipinski definition) is 2. The van der Waals surface area contributed by atoms with Crippen LogP contribution < -0.4 is 15.4 Å². The number of methoxy groups -OCH3 is 1. The smallest absolute Gasteiger partial charge is 0.251 e. The monoisotopic (exact) mass is 370 g/mol. The summed E-state index contributed by atoms with van der Waals surface area (Å²) in [6.45, 7) is 5.38. The van der Waals surface area contributed by atoms with E-state index < -0.39 is 0 Å². The normalized spacial score (nSPS) is 14.6. The molecular weight excluding hydrogens is 344 g/mol. The molecule has 3 rings (SSSR count). The fourth-order valence-electron chi connectivity index (χ4n) is 3.04. The van der Waals surface area contributed by atoms with E-state index in [2.05, 4.69) is 20.5 Å². The minimum atomic E-state index is -0.131. The van der Waals surface area contributed by atoms with E-state index in [1.165, 1.54) is 0 Å². The van der Waals surface area contributed by atoms with Crippen molar-refractivity contribution in [3.05, 3.63) is 42.1 Å². The molecule has 27 heavy (non-hydrogen) atoms. The average molecular weight is 370 g/mol. The molecule has 1 aliphatic heterocycles. The Morgan fingerprint density at radius 1 is 1.26 bits per heavy atom. The lowest BCUT2D eigenvalue weighted by Crippen LogP contribution is -2.39. The first kappa shape index (κ1) is 19.1. The summed E-state index contributed by atoms with van der Waals surface area (Å²) in [5.41, 5.74) is 2.32. The van der Waals surface area contributed by atoms with Gasteiger partial charge in [0.1, 0.15) is 11.6 Å². The van der Waals surface area contributed by atoms with Gasteiger partial charge < -0.3 is 20.1 Å². The quantitative estimate of drug-likeness (QED) is 0.775. The van der Waals surface area contributed by atoms with E-state index in [4.69, 9.17) is 9.47 Å². The van der Waals surface area contributed by atoms with Gasteiger partial charge in [-0.05, 0) is 30.3 Å². The summed E-state index contributed by atoms with van der Waals surface area (Å²) >= 11 is 0. The van der Waals surface area contributed by atoms with Crippen molar-refractivity contribution in [3.8, 4) is 16.9 Å². The lowest BCUT2D eigenvalue weighted by molar-refractivity contribution is 0.0398. The Hall–Kier alpha value is -2.64. The number of aromatic nitrogens is 1. The molecule has 144 valence electrons. The Balaban J connectivity index is 1.66. The van der Waals surface area contributed by atoms with E-state index in [-0.39, 0.29) is 5.91 Å². The Bertz CT molecular complexity index is 758. The lowest BCUT2D eigenvalue weighted by Gasteiger charge is -2.26. The van der Waals surface area contributed by atoms with Crippen LogP contribution in [-0.2, 0) is 4.74 Å². The van der Waals surface area contributed by atoms with Gasteiger partial charge >= 0.3 is 0 Å². The van der Waals surface area contributed by atoms with Crippen LogP contribution in [0.3, 0.4) is 0 Å². The number of carbonyl (C=O) groups is 1. The molecule has 0 atom stereocenters. The summed E-state index contributed by atoms with van der Waals surface area (Å²) in [4.78, 5) is 18.8. The SMILES string of the molecule is CNC(=O)c1ccc(OC)c(-c2ccc(NCCN3CCOCC3)nc2)c1. The minimum Gasteiger partial charge on any atom is -0.496 e. The Labute approximate surface area is 159 Å². The van der Waals surface area contributed by atoms with E-state index in [1.54, 1.807) is 32.5 Å². The molecule has 0 radical (unpaired) electrons. The number of hydrogen-bond acceptors (Lipinski definition) is 6. The summed E-state index contributed by atoms with van der Waals surface area (Å²) in [5.74, 6) is 1.40. The first-order valence-corrected chi connectivity index (χ1v) is 9.12. The number of morpholine rings is 1. The van der Waals surface area contributed by atoms with Crippen molar-refractivity contribution in [3.63, 3.8) is 0 Å². The molecule has 2 N–H and O–H groups in total. The molecule has 1 aromatic heterocycles. The van der Waals surface area contributed by atoms with Gasteiger partial charge in [-0.3, -0.25) is 9.69 Å². The van der Waals surface area contributed by atoms with Crippen LogP contribution in [0.2, 0.25) is 0 Å². The van der Waals surface area contributed by atoms with E-state index in [0.717, 1.165) is 56.3 Å². The maximum Gasteiger partial charge on any atom is 0.251 e. The van der Waals surface area contributed by atoms with Gasteiger partial charge in [-0.25, -0.2) is 4.98 Å². The van der Waals surface area contributed by atoms with Crippen molar-refractivity contribution in [1.29, 1.82) is 0 Å². The van der Waals surface area contributed by atoms with Crippen molar-refractivity contribution in [1.82, 2.24) is 15.2 Å². The molecule has 2 heterocycles. The van der Waals surface area contributed by atoms with Crippen molar-refractivity contribution in [2.75, 3.05) is 58.9 Å². The predicted molar refractivity (Wildman–Crippen MR) is 105 cm³/mol. The Kier molecular flexibility index (Phi) is 6.62. The molecule has 0 spiro atoms. The highest BCUT2D eigenvalue weighted by Gasteiger charge is 2.12. The van der Waals surface area contributed by atoms with E-state index >= 15 is 0 Å². The summed E-state index contributed by atoms with van der Waals surface area (Å²) in [6.07, 6.45) is 1.79. The van der Waals surface area contributed by atoms with Gasteiger partial charge in [-0.15, -0.1) is 0 Å². The van der Waals surface area contributed by atoms with Crippen LogP contribution >= 0.6 is 0 Å². The number of rotatable bonds is 7. The van der Waals surface area contributed by atoms with Crippen LogP contribution in [-0.4, -0.2) is 69.3 Å². The highest BCUT2D eigenvalue weighted by atomic mass is 16.5. The Morgan fingerprint density at radius 2 is 2.07 bits per heavy atom. The van der Waals surface area contributed by atoms with E-state index in [1.807, 2.05) is 18.2 Å². The second-order valence-corrected chi connectivity index (χ2v) is 6.31. The van der Waals surface area contributed by atoms with Gasteiger partial charge in [-0.2, -0.15) is 0 Å². The standard InChI is InChI=1S/C20H26N4O3/c1-21-20(25)15-3-5-18(26-2)17(13-15)16-4-6-19(23-14-16)22-7-8-24-9-11-27-12-10-24/h3-6,13-14H,7-12H2,1-2H3,(H,21,25)(H,22,23). The zero-order valence-electron chi connectivity index (χ0n) is 15.8. The fraction of sp³-hybridized carbons (Fsp3) is 0.400. The predicted octanol–water partition coefficient (Wildman–Crippen LogP) is 1.86. The van der Waals surface area contributed by atoms with Gasteiger partial charge in [0, 0.05) is 56.1 Å². The van der Waals surface area contributed by atoms with Gasteiger partial charge in [0.2, 0.25) is 0 Å². The van der Waals surface area contributed by atoms with Gasteiger partial charge in [0.05, 0.1) is 20.3 Å². The topological polar surface area (TPSA) is 75.7 Å². The molecule has 7 heteroatoms. The average Bonchev–Trinajstić information content (AvgIpc) is 2.74. The molecule has 0 aliphatic carbocycles. The molecular formula is C20H26N4O3. The zero-order chi connectivity index (χ0) is 19.1. The van der Waals surface area contributed by atoms with Crippen LogP contribution in [0.1, 0.15) is 10.4 Å². The molecule has 2 aromatic rings. The van der Waals surface area contributed by atoms with Crippen LogP contribution in [0.25, 0.3) is 11.1 Å². The van der Waals surface area contributed by atoms with E-state index in [9.17, 15) is 4.79 Å². The third-order valence-corrected chi connectivity index (χ3v) is 4.60. The number of anilines is 1. The second-order valence-electron chi connectivity index (χ2n) is 6.31. The number of nitrogens with one attached hydrogen (secondary N) is 2. The summed E-state index contributed by atoms with van der Waals surface area (Å²) < 4.78 is 10.8. The van der Waals surface area contributed by atoms with Crippen molar-refractivity contribution >= 4 is 11.7 Å². The number of nitrogens with zero attached hydrogens (tertiary/aromatic N) is 2. The molecule has 0 saturated carbocycles. The third-order valence-electron chi connectivity index (χ3n) is 4.60. The van der Waals surface area contributed by atoms with Crippen LogP contribution in [0.15, 0.2) is 36.5 Å². The number of ether oxygens (including phenoxy) is 2. The van der Waals surface area contributed by atoms with Crippen molar-refractivity contribution in [2.24, 2.45) is 0 Å². The zero-order valence-corrected chi connectivity index (χ0v) is 15.8. The van der Waals surface area contributed by atoms with Gasteiger partial charge in [-0.1, -0.05) is 0 Å². The fourth-order valence-corrected chi connectivity index (χ4v) is 3.04. The molecule has 1 aromatic carbocycles. The molecule has 1 saturated heterocycles. The Morgan fingerprint density at radius 3 is 2.74 bits per heavy atom.